The zero-order valence-corrected chi connectivity index (χ0v) is 16.6. The Balaban J connectivity index is 1.93. The number of aliphatic imine (C=N–C) groups is 1. The summed E-state index contributed by atoms with van der Waals surface area (Å²) in [6.07, 6.45) is 1.05. The van der Waals surface area contributed by atoms with Crippen molar-refractivity contribution in [2.45, 2.75) is 26.4 Å². The van der Waals surface area contributed by atoms with Crippen LogP contribution in [0.25, 0.3) is 0 Å². The molecule has 0 saturated carbocycles. The zero-order chi connectivity index (χ0) is 18.1. The van der Waals surface area contributed by atoms with Crippen molar-refractivity contribution in [3.05, 3.63) is 57.8 Å². The molecule has 1 aromatic carbocycles. The lowest BCUT2D eigenvalue weighted by atomic mass is 10.1. The average molecular weight is 359 g/mol. The number of guanidine groups is 1. The molecule has 1 heterocycles. The summed E-state index contributed by atoms with van der Waals surface area (Å²) >= 11 is 1.82. The van der Waals surface area contributed by atoms with Gasteiger partial charge in [-0.3, -0.25) is 0 Å². The third kappa shape index (κ3) is 6.88. The molecular weight excluding hydrogens is 328 g/mol. The Kier molecular flexibility index (Phi) is 7.95. The van der Waals surface area contributed by atoms with Gasteiger partial charge in [0.2, 0.25) is 0 Å². The van der Waals surface area contributed by atoms with E-state index in [2.05, 4.69) is 85.0 Å². The molecule has 2 rings (SSSR count). The first kappa shape index (κ1) is 19.5. The van der Waals surface area contributed by atoms with Gasteiger partial charge >= 0.3 is 0 Å². The van der Waals surface area contributed by atoms with Crippen LogP contribution in [0.4, 0.5) is 0 Å². The molecule has 25 heavy (non-hydrogen) atoms. The highest BCUT2D eigenvalue weighted by Gasteiger charge is 2.06. The van der Waals surface area contributed by atoms with E-state index >= 15 is 0 Å². The van der Waals surface area contributed by atoms with Crippen molar-refractivity contribution >= 4 is 17.3 Å². The summed E-state index contributed by atoms with van der Waals surface area (Å²) in [5.41, 5.74) is 2.57. The normalized spacial score (nSPS) is 11.8. The Morgan fingerprint density at radius 3 is 2.40 bits per heavy atom. The van der Waals surface area contributed by atoms with Crippen LogP contribution in [0, 0.1) is 0 Å². The highest BCUT2D eigenvalue weighted by Crippen LogP contribution is 2.10. The van der Waals surface area contributed by atoms with Crippen LogP contribution < -0.4 is 5.32 Å². The van der Waals surface area contributed by atoms with E-state index < -0.39 is 0 Å². The van der Waals surface area contributed by atoms with Gasteiger partial charge in [0.05, 0.1) is 6.54 Å². The van der Waals surface area contributed by atoms with Crippen LogP contribution in [0.15, 0.2) is 46.8 Å². The van der Waals surface area contributed by atoms with Gasteiger partial charge in [0.1, 0.15) is 0 Å². The molecule has 0 aliphatic rings. The van der Waals surface area contributed by atoms with Gasteiger partial charge in [-0.15, -0.1) is 11.3 Å². The molecule has 0 amide bonds. The van der Waals surface area contributed by atoms with Crippen molar-refractivity contribution in [2.24, 2.45) is 4.99 Å². The number of thiophene rings is 1. The predicted molar refractivity (Wildman–Crippen MR) is 109 cm³/mol. The van der Waals surface area contributed by atoms with E-state index in [9.17, 15) is 0 Å². The van der Waals surface area contributed by atoms with Gasteiger partial charge in [0.15, 0.2) is 5.96 Å². The SMILES string of the molecule is CCNC(=NCc1ccc(CN(C)C)cc1)N(C)CCc1cccs1. The second kappa shape index (κ2) is 10.2. The van der Waals surface area contributed by atoms with Gasteiger partial charge < -0.3 is 15.1 Å². The van der Waals surface area contributed by atoms with E-state index in [1.54, 1.807) is 0 Å². The van der Waals surface area contributed by atoms with Gasteiger partial charge in [0, 0.05) is 31.6 Å². The fourth-order valence-electron chi connectivity index (χ4n) is 2.59. The summed E-state index contributed by atoms with van der Waals surface area (Å²) in [6.45, 7) is 5.63. The second-order valence-electron chi connectivity index (χ2n) is 6.48. The van der Waals surface area contributed by atoms with E-state index in [1.807, 2.05) is 11.3 Å². The van der Waals surface area contributed by atoms with Crippen LogP contribution in [0.2, 0.25) is 0 Å². The largest absolute Gasteiger partial charge is 0.357 e. The quantitative estimate of drug-likeness (QED) is 0.579. The lowest BCUT2D eigenvalue weighted by Crippen LogP contribution is -2.39. The van der Waals surface area contributed by atoms with E-state index in [4.69, 9.17) is 4.99 Å². The first-order valence-corrected chi connectivity index (χ1v) is 9.71. The highest BCUT2D eigenvalue weighted by molar-refractivity contribution is 7.09. The Hall–Kier alpha value is -1.85. The van der Waals surface area contributed by atoms with Gasteiger partial charge in [-0.1, -0.05) is 30.3 Å². The van der Waals surface area contributed by atoms with E-state index in [-0.39, 0.29) is 0 Å². The molecule has 2 aromatic rings. The van der Waals surface area contributed by atoms with Crippen molar-refractivity contribution in [3.63, 3.8) is 0 Å². The summed E-state index contributed by atoms with van der Waals surface area (Å²) < 4.78 is 0. The second-order valence-corrected chi connectivity index (χ2v) is 7.51. The minimum atomic E-state index is 0.702. The Morgan fingerprint density at radius 1 is 1.08 bits per heavy atom. The summed E-state index contributed by atoms with van der Waals surface area (Å²) in [5, 5.41) is 5.53. The molecule has 0 aliphatic carbocycles. The molecule has 1 N–H and O–H groups in total. The number of likely N-dealkylation sites (N-methyl/N-ethyl adjacent to an activating group) is 1. The monoisotopic (exact) mass is 358 g/mol. The molecule has 0 fully saturated rings. The fourth-order valence-corrected chi connectivity index (χ4v) is 3.29. The maximum absolute atomic E-state index is 4.80. The van der Waals surface area contributed by atoms with Crippen LogP contribution in [0.1, 0.15) is 22.9 Å². The molecule has 136 valence electrons. The molecule has 1 aromatic heterocycles. The molecular formula is C20H30N4S. The number of hydrogen-bond acceptors (Lipinski definition) is 3. The Bertz CT molecular complexity index is 632. The number of rotatable bonds is 8. The van der Waals surface area contributed by atoms with Gasteiger partial charge in [0.25, 0.3) is 0 Å². The molecule has 0 spiro atoms. The summed E-state index contributed by atoms with van der Waals surface area (Å²) in [4.78, 5) is 10.6. The number of hydrogen-bond donors (Lipinski definition) is 1. The van der Waals surface area contributed by atoms with E-state index in [0.29, 0.717) is 6.54 Å². The Labute approximate surface area is 156 Å². The van der Waals surface area contributed by atoms with Crippen molar-refractivity contribution in [1.29, 1.82) is 0 Å². The standard InChI is InChI=1S/C20H30N4S/c1-5-21-20(24(4)13-12-19-7-6-14-25-19)22-15-17-8-10-18(11-9-17)16-23(2)3/h6-11,14H,5,12-13,15-16H2,1-4H3,(H,21,22). The molecule has 0 atom stereocenters. The topological polar surface area (TPSA) is 30.9 Å². The third-order valence-corrected chi connectivity index (χ3v) is 4.84. The molecule has 0 unspecified atom stereocenters. The lowest BCUT2D eigenvalue weighted by molar-refractivity contribution is 0.402. The van der Waals surface area contributed by atoms with Crippen molar-refractivity contribution in [3.8, 4) is 0 Å². The van der Waals surface area contributed by atoms with Crippen LogP contribution in [-0.4, -0.2) is 50.0 Å². The highest BCUT2D eigenvalue weighted by atomic mass is 32.1. The van der Waals surface area contributed by atoms with Crippen LogP contribution in [-0.2, 0) is 19.5 Å². The molecule has 5 heteroatoms. The molecule has 0 saturated heterocycles. The summed E-state index contributed by atoms with van der Waals surface area (Å²) in [6, 6.07) is 13.0. The van der Waals surface area contributed by atoms with Gasteiger partial charge in [-0.25, -0.2) is 4.99 Å². The fraction of sp³-hybridized carbons (Fsp3) is 0.450. The first-order valence-electron chi connectivity index (χ1n) is 8.83. The minimum absolute atomic E-state index is 0.702. The lowest BCUT2D eigenvalue weighted by Gasteiger charge is -2.21. The smallest absolute Gasteiger partial charge is 0.193 e. The van der Waals surface area contributed by atoms with Crippen LogP contribution in [0.3, 0.4) is 0 Å². The van der Waals surface area contributed by atoms with E-state index in [1.165, 1.54) is 16.0 Å². The van der Waals surface area contributed by atoms with Gasteiger partial charge in [-0.2, -0.15) is 0 Å². The number of benzene rings is 1. The van der Waals surface area contributed by atoms with Crippen molar-refractivity contribution < 1.29 is 0 Å². The maximum Gasteiger partial charge on any atom is 0.193 e. The third-order valence-electron chi connectivity index (χ3n) is 3.90. The minimum Gasteiger partial charge on any atom is -0.357 e. The zero-order valence-electron chi connectivity index (χ0n) is 15.8. The molecule has 4 nitrogen and oxygen atoms in total. The maximum atomic E-state index is 4.80. The van der Waals surface area contributed by atoms with Crippen molar-refractivity contribution in [1.82, 2.24) is 15.1 Å². The number of nitrogens with zero attached hydrogens (tertiary/aromatic N) is 3. The molecule has 0 aliphatic heterocycles. The predicted octanol–water partition coefficient (Wildman–Crippen LogP) is 3.45. The average Bonchev–Trinajstić information content (AvgIpc) is 3.11. The van der Waals surface area contributed by atoms with Crippen LogP contribution >= 0.6 is 11.3 Å². The van der Waals surface area contributed by atoms with Gasteiger partial charge in [-0.05, 0) is 50.0 Å². The van der Waals surface area contributed by atoms with Crippen LogP contribution in [0.5, 0.6) is 0 Å². The summed E-state index contributed by atoms with van der Waals surface area (Å²) in [7, 11) is 6.29. The Morgan fingerprint density at radius 2 is 1.80 bits per heavy atom. The number of nitrogens with one attached hydrogen (secondary N) is 1. The summed E-state index contributed by atoms with van der Waals surface area (Å²) in [5.74, 6) is 0.969. The first-order chi connectivity index (χ1) is 12.1. The van der Waals surface area contributed by atoms with Crippen molar-refractivity contribution in [2.75, 3.05) is 34.2 Å². The molecule has 0 radical (unpaired) electrons. The molecule has 0 bridgehead atoms. The van der Waals surface area contributed by atoms with E-state index in [0.717, 1.165) is 32.0 Å².